The number of benzene rings is 2. The molecule has 8 nitrogen and oxygen atoms in total. The summed E-state index contributed by atoms with van der Waals surface area (Å²) in [5, 5.41) is 27.7. The number of nitriles is 2. The van der Waals surface area contributed by atoms with E-state index in [1.165, 1.54) is 12.1 Å². The highest BCUT2D eigenvalue weighted by Gasteiger charge is 2.49. The Hall–Kier alpha value is -3.39. The van der Waals surface area contributed by atoms with Crippen LogP contribution in [-0.2, 0) is 10.0 Å². The largest absolute Gasteiger partial charge is 0.573 e. The van der Waals surface area contributed by atoms with E-state index in [9.17, 15) is 36.3 Å². The predicted octanol–water partition coefficient (Wildman–Crippen LogP) is 2.53. The summed E-state index contributed by atoms with van der Waals surface area (Å²) < 4.78 is 86.7. The summed E-state index contributed by atoms with van der Waals surface area (Å²) in [6.45, 7) is -1.07. The van der Waals surface area contributed by atoms with Gasteiger partial charge in [0.05, 0.1) is 29.8 Å². The van der Waals surface area contributed by atoms with Gasteiger partial charge in [-0.25, -0.2) is 12.8 Å². The average Bonchev–Trinajstić information content (AvgIpc) is 2.71. The summed E-state index contributed by atoms with van der Waals surface area (Å²) in [7, 11) is -4.27. The van der Waals surface area contributed by atoms with E-state index in [1.54, 1.807) is 12.1 Å². The summed E-state index contributed by atoms with van der Waals surface area (Å²) in [4.78, 5) is -0.513. The Morgan fingerprint density at radius 3 is 2.24 bits per heavy atom. The fraction of sp³-hybridized carbons (Fsp3) is 0.300. The normalized spacial score (nSPS) is 15.7. The number of hydrogen-bond acceptors (Lipinski definition) is 7. The van der Waals surface area contributed by atoms with Gasteiger partial charge >= 0.3 is 6.36 Å². The molecule has 0 saturated carbocycles. The fourth-order valence-corrected chi connectivity index (χ4v) is 4.97. The number of alkyl halides is 3. The quantitative estimate of drug-likeness (QED) is 0.598. The number of hydrogen-bond donors (Lipinski definition) is 1. The SMILES string of the molecule is N#Cc1ccc(OCC2(CO)CN(S(=O)(=O)c3ccc(OC(F)(F)F)cc3C#N)C2)cc1F. The molecule has 0 amide bonds. The van der Waals surface area contributed by atoms with Crippen molar-refractivity contribution < 1.29 is 40.6 Å². The van der Waals surface area contributed by atoms with Gasteiger partial charge in [0, 0.05) is 19.2 Å². The van der Waals surface area contributed by atoms with Crippen LogP contribution in [-0.4, -0.2) is 50.5 Å². The van der Waals surface area contributed by atoms with Gasteiger partial charge in [0.2, 0.25) is 10.0 Å². The maximum absolute atomic E-state index is 13.7. The maximum Gasteiger partial charge on any atom is 0.573 e. The zero-order valence-corrected chi connectivity index (χ0v) is 17.5. The van der Waals surface area contributed by atoms with Crippen LogP contribution in [0.5, 0.6) is 11.5 Å². The number of rotatable bonds is 7. The molecule has 0 radical (unpaired) electrons. The van der Waals surface area contributed by atoms with Crippen molar-refractivity contribution in [2.75, 3.05) is 26.3 Å². The maximum atomic E-state index is 13.7. The number of aliphatic hydroxyl groups excluding tert-OH is 1. The molecule has 1 N–H and O–H groups in total. The Balaban J connectivity index is 1.73. The second-order valence-corrected chi connectivity index (χ2v) is 9.20. The molecule has 0 aliphatic carbocycles. The van der Waals surface area contributed by atoms with Gasteiger partial charge < -0.3 is 14.6 Å². The third kappa shape index (κ3) is 5.17. The lowest BCUT2D eigenvalue weighted by molar-refractivity contribution is -0.274. The minimum absolute atomic E-state index is 0.0765. The molecule has 1 aliphatic heterocycles. The van der Waals surface area contributed by atoms with Crippen LogP contribution >= 0.6 is 0 Å². The van der Waals surface area contributed by atoms with Crippen LogP contribution in [0.3, 0.4) is 0 Å². The standard InChI is InChI=1S/C20H15F4N3O5S/c21-17-6-15(2-1-13(17)7-25)31-12-19(11-28)9-27(10-19)33(29,30)18-4-3-16(5-14(18)8-26)32-20(22,23)24/h1-6,28H,9-12H2. The molecular formula is C20H15F4N3O5S. The smallest absolute Gasteiger partial charge is 0.493 e. The Morgan fingerprint density at radius 2 is 1.70 bits per heavy atom. The van der Waals surface area contributed by atoms with Gasteiger partial charge in [-0.3, -0.25) is 0 Å². The van der Waals surface area contributed by atoms with Crippen LogP contribution in [0, 0.1) is 33.9 Å². The molecule has 0 spiro atoms. The van der Waals surface area contributed by atoms with Crippen molar-refractivity contribution in [2.45, 2.75) is 11.3 Å². The highest BCUT2D eigenvalue weighted by molar-refractivity contribution is 7.89. The van der Waals surface area contributed by atoms with Crippen LogP contribution in [0.2, 0.25) is 0 Å². The van der Waals surface area contributed by atoms with Crippen molar-refractivity contribution in [3.05, 3.63) is 53.3 Å². The molecule has 1 saturated heterocycles. The van der Waals surface area contributed by atoms with Crippen molar-refractivity contribution in [2.24, 2.45) is 5.41 Å². The molecule has 2 aromatic rings. The highest BCUT2D eigenvalue weighted by atomic mass is 32.2. The lowest BCUT2D eigenvalue weighted by Crippen LogP contribution is -2.62. The van der Waals surface area contributed by atoms with Crippen molar-refractivity contribution in [1.29, 1.82) is 10.5 Å². The first-order chi connectivity index (χ1) is 15.4. The molecule has 3 rings (SSSR count). The Labute approximate surface area is 185 Å². The second kappa shape index (κ2) is 8.86. The Bertz CT molecular complexity index is 1250. The Kier molecular flexibility index (Phi) is 6.51. The monoisotopic (exact) mass is 485 g/mol. The van der Waals surface area contributed by atoms with Gasteiger partial charge in [0.1, 0.15) is 34.4 Å². The van der Waals surface area contributed by atoms with Crippen molar-refractivity contribution in [1.82, 2.24) is 4.31 Å². The van der Waals surface area contributed by atoms with Gasteiger partial charge in [0.15, 0.2) is 0 Å². The third-order valence-corrected chi connectivity index (χ3v) is 6.74. The first-order valence-electron chi connectivity index (χ1n) is 9.16. The predicted molar refractivity (Wildman–Crippen MR) is 103 cm³/mol. The molecule has 1 aliphatic rings. The zero-order valence-electron chi connectivity index (χ0n) is 16.6. The molecule has 1 heterocycles. The van der Waals surface area contributed by atoms with E-state index in [0.29, 0.717) is 6.07 Å². The van der Waals surface area contributed by atoms with Gasteiger partial charge in [-0.2, -0.15) is 14.8 Å². The van der Waals surface area contributed by atoms with Crippen molar-refractivity contribution >= 4 is 10.0 Å². The van der Waals surface area contributed by atoms with E-state index in [-0.39, 0.29) is 31.0 Å². The highest BCUT2D eigenvalue weighted by Crippen LogP contribution is 2.37. The first-order valence-corrected chi connectivity index (χ1v) is 10.6. The molecule has 0 unspecified atom stereocenters. The van der Waals surface area contributed by atoms with Crippen LogP contribution in [0.15, 0.2) is 41.3 Å². The van der Waals surface area contributed by atoms with Crippen LogP contribution < -0.4 is 9.47 Å². The molecule has 33 heavy (non-hydrogen) atoms. The summed E-state index contributed by atoms with van der Waals surface area (Å²) in [5.74, 6) is -1.46. The molecule has 0 aromatic heterocycles. The molecular weight excluding hydrogens is 470 g/mol. The van der Waals surface area contributed by atoms with E-state index in [0.717, 1.165) is 22.5 Å². The molecule has 0 atom stereocenters. The number of halogens is 4. The van der Waals surface area contributed by atoms with E-state index < -0.39 is 50.4 Å². The third-order valence-electron chi connectivity index (χ3n) is 4.89. The van der Waals surface area contributed by atoms with Gasteiger partial charge in [-0.05, 0) is 30.3 Å². The number of aliphatic hydroxyl groups is 1. The molecule has 2 aromatic carbocycles. The minimum atomic E-state index is -5.01. The summed E-state index contributed by atoms with van der Waals surface area (Å²) in [6.07, 6.45) is -5.01. The summed E-state index contributed by atoms with van der Waals surface area (Å²) >= 11 is 0. The zero-order chi connectivity index (χ0) is 24.4. The number of ether oxygens (including phenoxy) is 2. The van der Waals surface area contributed by atoms with E-state index in [2.05, 4.69) is 4.74 Å². The van der Waals surface area contributed by atoms with E-state index in [4.69, 9.17) is 10.00 Å². The second-order valence-electron chi connectivity index (χ2n) is 7.29. The van der Waals surface area contributed by atoms with E-state index in [1.807, 2.05) is 0 Å². The minimum Gasteiger partial charge on any atom is -0.493 e. The molecule has 174 valence electrons. The summed E-state index contributed by atoms with van der Waals surface area (Å²) in [6, 6.07) is 9.04. The first kappa shape index (κ1) is 24.3. The van der Waals surface area contributed by atoms with Gasteiger partial charge in [-0.15, -0.1) is 13.2 Å². The van der Waals surface area contributed by atoms with E-state index >= 15 is 0 Å². The van der Waals surface area contributed by atoms with Crippen LogP contribution in [0.25, 0.3) is 0 Å². The molecule has 0 bridgehead atoms. The number of sulfonamides is 1. The molecule has 13 heteroatoms. The lowest BCUT2D eigenvalue weighted by atomic mass is 9.83. The van der Waals surface area contributed by atoms with Gasteiger partial charge in [0.25, 0.3) is 0 Å². The van der Waals surface area contributed by atoms with Crippen LogP contribution in [0.1, 0.15) is 11.1 Å². The fourth-order valence-electron chi connectivity index (χ4n) is 3.18. The average molecular weight is 485 g/mol. The topological polar surface area (TPSA) is 124 Å². The van der Waals surface area contributed by atoms with Gasteiger partial charge in [-0.1, -0.05) is 0 Å². The molecule has 1 fully saturated rings. The van der Waals surface area contributed by atoms with Crippen molar-refractivity contribution in [3.8, 4) is 23.6 Å². The summed E-state index contributed by atoms with van der Waals surface area (Å²) in [5.41, 5.74) is -1.74. The Morgan fingerprint density at radius 1 is 1.06 bits per heavy atom. The van der Waals surface area contributed by atoms with Crippen molar-refractivity contribution in [3.63, 3.8) is 0 Å². The lowest BCUT2D eigenvalue weighted by Gasteiger charge is -2.47. The number of nitrogens with zero attached hydrogens (tertiary/aromatic N) is 3. The van der Waals surface area contributed by atoms with Crippen LogP contribution in [0.4, 0.5) is 17.6 Å².